The summed E-state index contributed by atoms with van der Waals surface area (Å²) in [6.45, 7) is 7.80. The van der Waals surface area contributed by atoms with Crippen LogP contribution in [0.1, 0.15) is 57.4 Å². The van der Waals surface area contributed by atoms with Crippen LogP contribution in [0.3, 0.4) is 0 Å². The quantitative estimate of drug-likeness (QED) is 0.839. The van der Waals surface area contributed by atoms with Gasteiger partial charge in [0.05, 0.1) is 6.61 Å². The van der Waals surface area contributed by atoms with Crippen molar-refractivity contribution in [3.8, 4) is 5.75 Å². The number of hydrogen-bond acceptors (Lipinski definition) is 2. The van der Waals surface area contributed by atoms with Gasteiger partial charge < -0.3 is 10.1 Å². The summed E-state index contributed by atoms with van der Waals surface area (Å²) < 4.78 is 5.78. The fourth-order valence-electron chi connectivity index (χ4n) is 4.35. The molecule has 1 aromatic rings. The van der Waals surface area contributed by atoms with E-state index in [0.717, 1.165) is 24.8 Å². The van der Waals surface area contributed by atoms with E-state index in [1.54, 1.807) is 0 Å². The molecule has 1 aliphatic carbocycles. The van der Waals surface area contributed by atoms with E-state index in [-0.39, 0.29) is 0 Å². The average Bonchev–Trinajstić information content (AvgIpc) is 3.06. The van der Waals surface area contributed by atoms with Gasteiger partial charge >= 0.3 is 0 Å². The zero-order valence-electron chi connectivity index (χ0n) is 13.5. The molecule has 1 aromatic carbocycles. The van der Waals surface area contributed by atoms with Crippen LogP contribution in [-0.4, -0.2) is 19.7 Å². The Labute approximate surface area is 129 Å². The van der Waals surface area contributed by atoms with Crippen molar-refractivity contribution >= 4 is 0 Å². The third kappa shape index (κ3) is 3.42. The zero-order chi connectivity index (χ0) is 14.7. The van der Waals surface area contributed by atoms with Crippen LogP contribution in [-0.2, 0) is 0 Å². The first-order valence-electron chi connectivity index (χ1n) is 8.61. The van der Waals surface area contributed by atoms with E-state index in [2.05, 4.69) is 43.4 Å². The number of fused-ring (bicyclic) bond motifs is 1. The Bertz CT molecular complexity index is 462. The molecule has 2 nitrogen and oxygen atoms in total. The van der Waals surface area contributed by atoms with Crippen LogP contribution in [0.5, 0.6) is 5.75 Å². The lowest BCUT2D eigenvalue weighted by Crippen LogP contribution is -2.35. The predicted molar refractivity (Wildman–Crippen MR) is 87.9 cm³/mol. The molecule has 1 fully saturated rings. The molecular weight excluding hydrogens is 258 g/mol. The van der Waals surface area contributed by atoms with Crippen molar-refractivity contribution < 1.29 is 4.74 Å². The van der Waals surface area contributed by atoms with E-state index < -0.39 is 0 Å². The maximum atomic E-state index is 5.78. The molecule has 1 unspecified atom stereocenters. The second-order valence-corrected chi connectivity index (χ2v) is 7.48. The highest BCUT2D eigenvalue weighted by Crippen LogP contribution is 2.42. The van der Waals surface area contributed by atoms with Crippen molar-refractivity contribution in [2.45, 2.75) is 51.9 Å². The molecule has 21 heavy (non-hydrogen) atoms. The predicted octanol–water partition coefficient (Wildman–Crippen LogP) is 4.36. The monoisotopic (exact) mass is 287 g/mol. The van der Waals surface area contributed by atoms with Crippen molar-refractivity contribution in [3.05, 3.63) is 29.8 Å². The second-order valence-electron chi connectivity index (χ2n) is 7.48. The maximum Gasteiger partial charge on any atom is 0.122 e. The van der Waals surface area contributed by atoms with E-state index in [1.165, 1.54) is 44.2 Å². The lowest BCUT2D eigenvalue weighted by molar-refractivity contribution is 0.220. The van der Waals surface area contributed by atoms with Gasteiger partial charge in [-0.1, -0.05) is 44.9 Å². The summed E-state index contributed by atoms with van der Waals surface area (Å²) in [7, 11) is 0. The Morgan fingerprint density at radius 2 is 2.00 bits per heavy atom. The standard InChI is InChI=1S/C19H29NO/c1-15(2)11-19(9-5-6-10-19)14-20-12-16-13-21-18-8-4-3-7-17(16)18/h3-4,7-8,15-16,20H,5-6,9-14H2,1-2H3. The molecule has 0 bridgehead atoms. The molecule has 0 amide bonds. The minimum atomic E-state index is 0.527. The summed E-state index contributed by atoms with van der Waals surface area (Å²) in [5.74, 6) is 2.42. The molecule has 1 heterocycles. The summed E-state index contributed by atoms with van der Waals surface area (Å²) in [5, 5.41) is 3.78. The molecule has 1 aliphatic heterocycles. The highest BCUT2D eigenvalue weighted by atomic mass is 16.5. The second kappa shape index (κ2) is 6.39. The normalized spacial score (nSPS) is 23.3. The van der Waals surface area contributed by atoms with Gasteiger partial charge in [0.15, 0.2) is 0 Å². The lowest BCUT2D eigenvalue weighted by atomic mass is 9.78. The summed E-state index contributed by atoms with van der Waals surface area (Å²) in [5.41, 5.74) is 1.95. The van der Waals surface area contributed by atoms with Gasteiger partial charge in [-0.15, -0.1) is 0 Å². The minimum Gasteiger partial charge on any atom is -0.493 e. The zero-order valence-corrected chi connectivity index (χ0v) is 13.5. The number of nitrogens with one attached hydrogen (secondary N) is 1. The van der Waals surface area contributed by atoms with Crippen LogP contribution < -0.4 is 10.1 Å². The third-order valence-electron chi connectivity index (χ3n) is 5.20. The Morgan fingerprint density at radius 3 is 2.76 bits per heavy atom. The van der Waals surface area contributed by atoms with E-state index in [4.69, 9.17) is 4.74 Å². The van der Waals surface area contributed by atoms with Gasteiger partial charge in [-0.2, -0.15) is 0 Å². The number of rotatable bonds is 6. The molecule has 3 rings (SSSR count). The van der Waals surface area contributed by atoms with E-state index >= 15 is 0 Å². The molecule has 1 N–H and O–H groups in total. The summed E-state index contributed by atoms with van der Waals surface area (Å²) in [6, 6.07) is 8.49. The molecule has 116 valence electrons. The Kier molecular flexibility index (Phi) is 4.54. The van der Waals surface area contributed by atoms with Gasteiger partial charge in [-0.05, 0) is 36.7 Å². The van der Waals surface area contributed by atoms with Crippen molar-refractivity contribution in [2.75, 3.05) is 19.7 Å². The van der Waals surface area contributed by atoms with Gasteiger partial charge in [0.2, 0.25) is 0 Å². The number of hydrogen-bond donors (Lipinski definition) is 1. The summed E-state index contributed by atoms with van der Waals surface area (Å²) >= 11 is 0. The van der Waals surface area contributed by atoms with Gasteiger partial charge in [-0.3, -0.25) is 0 Å². The Balaban J connectivity index is 1.54. The Morgan fingerprint density at radius 1 is 1.24 bits per heavy atom. The molecule has 0 saturated heterocycles. The van der Waals surface area contributed by atoms with Crippen LogP contribution in [0.2, 0.25) is 0 Å². The van der Waals surface area contributed by atoms with Crippen molar-refractivity contribution in [3.63, 3.8) is 0 Å². The fraction of sp³-hybridized carbons (Fsp3) is 0.684. The van der Waals surface area contributed by atoms with Gasteiger partial charge in [-0.25, -0.2) is 0 Å². The van der Waals surface area contributed by atoms with Gasteiger partial charge in [0, 0.05) is 24.6 Å². The topological polar surface area (TPSA) is 21.3 Å². The Hall–Kier alpha value is -1.02. The summed E-state index contributed by atoms with van der Waals surface area (Å²) in [6.07, 6.45) is 7.04. The highest BCUT2D eigenvalue weighted by molar-refractivity contribution is 5.39. The van der Waals surface area contributed by atoms with E-state index in [9.17, 15) is 0 Å². The van der Waals surface area contributed by atoms with Crippen LogP contribution in [0, 0.1) is 11.3 Å². The molecule has 0 aromatic heterocycles. The van der Waals surface area contributed by atoms with E-state index in [0.29, 0.717) is 11.3 Å². The van der Waals surface area contributed by atoms with Crippen molar-refractivity contribution in [1.82, 2.24) is 5.32 Å². The molecule has 2 aliphatic rings. The first-order chi connectivity index (χ1) is 10.2. The number of benzene rings is 1. The molecule has 2 heteroatoms. The van der Waals surface area contributed by atoms with Crippen LogP contribution >= 0.6 is 0 Å². The third-order valence-corrected chi connectivity index (χ3v) is 5.20. The number of ether oxygens (including phenoxy) is 1. The molecule has 1 atom stereocenters. The first-order valence-corrected chi connectivity index (χ1v) is 8.61. The fourth-order valence-corrected chi connectivity index (χ4v) is 4.35. The largest absolute Gasteiger partial charge is 0.493 e. The average molecular weight is 287 g/mol. The smallest absolute Gasteiger partial charge is 0.122 e. The van der Waals surface area contributed by atoms with Gasteiger partial charge in [0.1, 0.15) is 5.75 Å². The maximum absolute atomic E-state index is 5.78. The van der Waals surface area contributed by atoms with Crippen LogP contribution in [0.4, 0.5) is 0 Å². The highest BCUT2D eigenvalue weighted by Gasteiger charge is 2.34. The molecule has 1 saturated carbocycles. The molecule has 0 spiro atoms. The van der Waals surface area contributed by atoms with Crippen molar-refractivity contribution in [1.29, 1.82) is 0 Å². The SMILES string of the molecule is CC(C)CC1(CNCC2COc3ccccc32)CCCC1. The minimum absolute atomic E-state index is 0.527. The first kappa shape index (κ1) is 14.9. The van der Waals surface area contributed by atoms with Crippen LogP contribution in [0.25, 0.3) is 0 Å². The molecular formula is C19H29NO. The van der Waals surface area contributed by atoms with Gasteiger partial charge in [0.25, 0.3) is 0 Å². The lowest BCUT2D eigenvalue weighted by Gasteiger charge is -2.31. The van der Waals surface area contributed by atoms with Crippen molar-refractivity contribution in [2.24, 2.45) is 11.3 Å². The summed E-state index contributed by atoms with van der Waals surface area (Å²) in [4.78, 5) is 0. The van der Waals surface area contributed by atoms with E-state index in [1.807, 2.05) is 0 Å². The van der Waals surface area contributed by atoms with Crippen LogP contribution in [0.15, 0.2) is 24.3 Å². The molecule has 0 radical (unpaired) electrons. The number of para-hydroxylation sites is 1.